The zero-order valence-electron chi connectivity index (χ0n) is 10.2. The van der Waals surface area contributed by atoms with Crippen molar-refractivity contribution >= 4 is 27.7 Å². The molecule has 0 fully saturated rings. The Morgan fingerprint density at radius 2 is 2.22 bits per heavy atom. The Morgan fingerprint density at radius 1 is 1.50 bits per heavy atom. The summed E-state index contributed by atoms with van der Waals surface area (Å²) in [6.45, 7) is 2.05. The molecule has 0 radical (unpaired) electrons. The summed E-state index contributed by atoms with van der Waals surface area (Å²) in [6, 6.07) is 3.41. The predicted molar refractivity (Wildman–Crippen MR) is 69.0 cm³/mol. The normalized spacial score (nSPS) is 17.5. The number of benzene rings is 1. The molecular weight excluding hydrogens is 300 g/mol. The number of hydrogen-bond donors (Lipinski definition) is 0. The molecule has 4 nitrogen and oxygen atoms in total. The monoisotopic (exact) mass is 312 g/mol. The molecule has 0 N–H and O–H groups in total. The molecule has 1 aliphatic rings. The van der Waals surface area contributed by atoms with E-state index in [4.69, 9.17) is 9.47 Å². The average Bonchev–Trinajstić information content (AvgIpc) is 2.69. The van der Waals surface area contributed by atoms with Crippen LogP contribution in [0.4, 0.5) is 0 Å². The first-order valence-electron chi connectivity index (χ1n) is 5.66. The number of halogens is 1. The third kappa shape index (κ3) is 2.03. The summed E-state index contributed by atoms with van der Waals surface area (Å²) in [6.07, 6.45) is 0.167. The highest BCUT2D eigenvalue weighted by atomic mass is 79.9. The molecule has 0 aromatic heterocycles. The highest BCUT2D eigenvalue weighted by Gasteiger charge is 2.37. The molecule has 1 aliphatic carbocycles. The predicted octanol–water partition coefficient (Wildman–Crippen LogP) is 2.69. The van der Waals surface area contributed by atoms with Crippen LogP contribution in [-0.2, 0) is 9.53 Å². The summed E-state index contributed by atoms with van der Waals surface area (Å²) in [5.74, 6) is -0.320. The molecule has 5 heteroatoms. The Balaban J connectivity index is 2.49. The van der Waals surface area contributed by atoms with E-state index in [1.807, 2.05) is 0 Å². The molecular formula is C13H13BrO4. The quantitative estimate of drug-likeness (QED) is 0.805. The van der Waals surface area contributed by atoms with E-state index in [0.717, 1.165) is 0 Å². The van der Waals surface area contributed by atoms with E-state index in [0.29, 0.717) is 28.0 Å². The second-order valence-electron chi connectivity index (χ2n) is 3.97. The summed E-state index contributed by atoms with van der Waals surface area (Å²) < 4.78 is 10.8. The Morgan fingerprint density at radius 3 is 2.83 bits per heavy atom. The number of carbonyl (C=O) groups excluding carboxylic acids is 2. The number of Topliss-reactive ketones (excluding diaryl/α,β-unsaturated/α-hetero) is 1. The van der Waals surface area contributed by atoms with E-state index in [1.165, 1.54) is 0 Å². The van der Waals surface area contributed by atoms with Gasteiger partial charge in [0.2, 0.25) is 0 Å². The Kier molecular flexibility index (Phi) is 3.71. The topological polar surface area (TPSA) is 52.6 Å². The van der Waals surface area contributed by atoms with Crippen molar-refractivity contribution in [2.24, 2.45) is 0 Å². The summed E-state index contributed by atoms with van der Waals surface area (Å²) in [5, 5.41) is 0. The summed E-state index contributed by atoms with van der Waals surface area (Å²) in [5.41, 5.74) is 1.25. The second kappa shape index (κ2) is 5.10. The molecule has 18 heavy (non-hydrogen) atoms. The minimum absolute atomic E-state index is 0.0357. The van der Waals surface area contributed by atoms with Crippen LogP contribution in [0.5, 0.6) is 5.75 Å². The molecule has 2 rings (SSSR count). The highest BCUT2D eigenvalue weighted by molar-refractivity contribution is 9.10. The van der Waals surface area contributed by atoms with Crippen LogP contribution in [0.3, 0.4) is 0 Å². The number of esters is 1. The molecule has 96 valence electrons. The van der Waals surface area contributed by atoms with Gasteiger partial charge in [-0.2, -0.15) is 0 Å². The van der Waals surface area contributed by atoms with Crippen LogP contribution in [-0.4, -0.2) is 25.5 Å². The van der Waals surface area contributed by atoms with Crippen LogP contribution in [0, 0.1) is 0 Å². The summed E-state index contributed by atoms with van der Waals surface area (Å²) >= 11 is 3.39. The zero-order valence-corrected chi connectivity index (χ0v) is 11.7. The smallest absolute Gasteiger partial charge is 0.313 e. The van der Waals surface area contributed by atoms with Crippen molar-refractivity contribution in [2.45, 2.75) is 19.3 Å². The van der Waals surface area contributed by atoms with E-state index in [-0.39, 0.29) is 18.2 Å². The molecule has 0 saturated heterocycles. The molecule has 1 unspecified atom stereocenters. The van der Waals surface area contributed by atoms with Gasteiger partial charge >= 0.3 is 5.97 Å². The Hall–Kier alpha value is -1.36. The van der Waals surface area contributed by atoms with Crippen LogP contribution < -0.4 is 4.74 Å². The first-order chi connectivity index (χ1) is 8.60. The molecule has 0 spiro atoms. The minimum atomic E-state index is -0.531. The van der Waals surface area contributed by atoms with Gasteiger partial charge in [-0.05, 0) is 40.5 Å². The number of fused-ring (bicyclic) bond motifs is 1. The van der Waals surface area contributed by atoms with Crippen LogP contribution in [0.2, 0.25) is 0 Å². The standard InChI is InChI=1S/C13H13BrO4/c1-3-18-13(16)8-6-9(15)7-4-5-10(17-2)12(14)11(7)8/h4-5,8H,3,6H2,1-2H3. The van der Waals surface area contributed by atoms with Gasteiger partial charge in [-0.25, -0.2) is 0 Å². The van der Waals surface area contributed by atoms with Crippen molar-refractivity contribution < 1.29 is 19.1 Å². The second-order valence-corrected chi connectivity index (χ2v) is 4.77. The van der Waals surface area contributed by atoms with Crippen LogP contribution in [0.15, 0.2) is 16.6 Å². The first kappa shape index (κ1) is 13.1. The largest absolute Gasteiger partial charge is 0.496 e. The highest BCUT2D eigenvalue weighted by Crippen LogP contribution is 2.42. The van der Waals surface area contributed by atoms with Crippen molar-refractivity contribution in [3.8, 4) is 5.75 Å². The first-order valence-corrected chi connectivity index (χ1v) is 6.45. The van der Waals surface area contributed by atoms with Gasteiger partial charge in [0.25, 0.3) is 0 Å². The molecule has 0 amide bonds. The summed E-state index contributed by atoms with van der Waals surface area (Å²) in [4.78, 5) is 23.7. The van der Waals surface area contributed by atoms with E-state index in [2.05, 4.69) is 15.9 Å². The fourth-order valence-electron chi connectivity index (χ4n) is 2.16. The molecule has 1 atom stereocenters. The zero-order chi connectivity index (χ0) is 13.3. The number of ether oxygens (including phenoxy) is 2. The van der Waals surface area contributed by atoms with E-state index < -0.39 is 5.92 Å². The molecule has 1 aromatic carbocycles. The molecule has 1 aromatic rings. The van der Waals surface area contributed by atoms with Crippen LogP contribution >= 0.6 is 15.9 Å². The maximum absolute atomic E-state index is 11.9. The lowest BCUT2D eigenvalue weighted by Crippen LogP contribution is -2.14. The lowest BCUT2D eigenvalue weighted by Gasteiger charge is -2.13. The number of ketones is 1. The van der Waals surface area contributed by atoms with Gasteiger partial charge in [0, 0.05) is 12.0 Å². The maximum atomic E-state index is 11.9. The van der Waals surface area contributed by atoms with Crippen molar-refractivity contribution in [3.63, 3.8) is 0 Å². The molecule has 0 heterocycles. The number of rotatable bonds is 3. The van der Waals surface area contributed by atoms with Crippen molar-refractivity contribution in [3.05, 3.63) is 27.7 Å². The van der Waals surface area contributed by atoms with E-state index in [1.54, 1.807) is 26.2 Å². The molecule has 0 aliphatic heterocycles. The lowest BCUT2D eigenvalue weighted by atomic mass is 10.0. The molecule has 0 saturated carbocycles. The van der Waals surface area contributed by atoms with Gasteiger partial charge < -0.3 is 9.47 Å². The van der Waals surface area contributed by atoms with Gasteiger partial charge in [-0.3, -0.25) is 9.59 Å². The number of methoxy groups -OCH3 is 1. The number of hydrogen-bond acceptors (Lipinski definition) is 4. The van der Waals surface area contributed by atoms with Crippen molar-refractivity contribution in [1.29, 1.82) is 0 Å². The molecule has 0 bridgehead atoms. The van der Waals surface area contributed by atoms with Gasteiger partial charge in [0.1, 0.15) is 5.75 Å². The fraction of sp³-hybridized carbons (Fsp3) is 0.385. The van der Waals surface area contributed by atoms with Gasteiger partial charge in [0.05, 0.1) is 24.1 Å². The Labute approximate surface area is 113 Å². The maximum Gasteiger partial charge on any atom is 0.313 e. The SMILES string of the molecule is CCOC(=O)C1CC(=O)c2ccc(OC)c(Br)c21. The summed E-state index contributed by atoms with van der Waals surface area (Å²) in [7, 11) is 1.54. The van der Waals surface area contributed by atoms with Crippen LogP contribution in [0.1, 0.15) is 35.2 Å². The van der Waals surface area contributed by atoms with Crippen LogP contribution in [0.25, 0.3) is 0 Å². The third-order valence-electron chi connectivity index (χ3n) is 2.97. The van der Waals surface area contributed by atoms with Gasteiger partial charge in [0.15, 0.2) is 5.78 Å². The Bertz CT molecular complexity index is 510. The van der Waals surface area contributed by atoms with Crippen molar-refractivity contribution in [2.75, 3.05) is 13.7 Å². The average molecular weight is 313 g/mol. The van der Waals surface area contributed by atoms with Crippen molar-refractivity contribution in [1.82, 2.24) is 0 Å². The van der Waals surface area contributed by atoms with E-state index in [9.17, 15) is 9.59 Å². The lowest BCUT2D eigenvalue weighted by molar-refractivity contribution is -0.144. The minimum Gasteiger partial charge on any atom is -0.496 e. The van der Waals surface area contributed by atoms with E-state index >= 15 is 0 Å². The van der Waals surface area contributed by atoms with Gasteiger partial charge in [-0.15, -0.1) is 0 Å². The third-order valence-corrected chi connectivity index (χ3v) is 3.79. The van der Waals surface area contributed by atoms with Gasteiger partial charge in [-0.1, -0.05) is 0 Å². The fourth-order valence-corrected chi connectivity index (χ4v) is 2.94. The number of carbonyl (C=O) groups is 2.